The molecule has 0 aromatic carbocycles. The van der Waals surface area contributed by atoms with Crippen LogP contribution >= 0.6 is 0 Å². The molecule has 0 bridgehead atoms. The number of rotatable bonds is 4. The van der Waals surface area contributed by atoms with Crippen LogP contribution in [0.1, 0.15) is 31.0 Å². The van der Waals surface area contributed by atoms with Gasteiger partial charge in [-0.15, -0.1) is 0 Å². The second-order valence-electron chi connectivity index (χ2n) is 5.72. The highest BCUT2D eigenvalue weighted by atomic mass is 16.5. The van der Waals surface area contributed by atoms with E-state index in [2.05, 4.69) is 30.0 Å². The summed E-state index contributed by atoms with van der Waals surface area (Å²) in [6, 6.07) is 4.01. The van der Waals surface area contributed by atoms with E-state index >= 15 is 0 Å². The van der Waals surface area contributed by atoms with Gasteiger partial charge in [-0.05, 0) is 37.5 Å². The largest absolute Gasteiger partial charge is 0.357 e. The standard InChI is InChI=1S/C17H18N6O/c1-2-10-23(11-3-1)15-6-4-13(12-20-15)17-21-16(24-22-17)7-5-14-18-8-9-19-14/h4-9,12H,1-3,10-11H2,(H,18,19)/b7-5+. The van der Waals surface area contributed by atoms with Crippen molar-refractivity contribution in [2.75, 3.05) is 18.0 Å². The van der Waals surface area contributed by atoms with Gasteiger partial charge in [-0.2, -0.15) is 4.98 Å². The van der Waals surface area contributed by atoms with Crippen molar-refractivity contribution >= 4 is 18.0 Å². The molecule has 0 spiro atoms. The minimum absolute atomic E-state index is 0.432. The minimum atomic E-state index is 0.432. The zero-order valence-corrected chi connectivity index (χ0v) is 13.2. The molecule has 1 aliphatic rings. The number of pyridine rings is 1. The molecule has 3 aromatic rings. The van der Waals surface area contributed by atoms with Crippen LogP contribution in [0, 0.1) is 0 Å². The number of imidazole rings is 1. The van der Waals surface area contributed by atoms with Crippen LogP contribution in [0.4, 0.5) is 5.82 Å². The SMILES string of the molecule is C(=C\c1nc(-c2ccc(N3CCCCC3)nc2)no1)/c1ncc[nH]1. The summed E-state index contributed by atoms with van der Waals surface area (Å²) in [6.07, 6.45) is 12.5. The number of H-pyrrole nitrogens is 1. The second-order valence-corrected chi connectivity index (χ2v) is 5.72. The number of hydrogen-bond acceptors (Lipinski definition) is 6. The van der Waals surface area contributed by atoms with Gasteiger partial charge in [0.1, 0.15) is 11.6 Å². The van der Waals surface area contributed by atoms with Gasteiger partial charge >= 0.3 is 0 Å². The summed E-state index contributed by atoms with van der Waals surface area (Å²) < 4.78 is 5.24. The monoisotopic (exact) mass is 322 g/mol. The van der Waals surface area contributed by atoms with E-state index in [0.717, 1.165) is 30.3 Å². The van der Waals surface area contributed by atoms with Crippen LogP contribution in [0.15, 0.2) is 35.2 Å². The molecule has 122 valence electrons. The predicted octanol–water partition coefficient (Wildman–Crippen LogP) is 3.02. The van der Waals surface area contributed by atoms with Crippen molar-refractivity contribution in [2.24, 2.45) is 0 Å². The Labute approximate surface area is 139 Å². The maximum atomic E-state index is 5.24. The Morgan fingerprint density at radius 3 is 2.75 bits per heavy atom. The highest BCUT2D eigenvalue weighted by Gasteiger charge is 2.13. The number of nitrogens with one attached hydrogen (secondary N) is 1. The molecule has 7 nitrogen and oxygen atoms in total. The van der Waals surface area contributed by atoms with Crippen LogP contribution in [0.3, 0.4) is 0 Å². The Hall–Kier alpha value is -2.96. The number of hydrogen-bond donors (Lipinski definition) is 1. The Balaban J connectivity index is 1.47. The maximum Gasteiger partial charge on any atom is 0.251 e. The molecule has 0 aliphatic carbocycles. The van der Waals surface area contributed by atoms with Gasteiger partial charge in [0.2, 0.25) is 5.82 Å². The van der Waals surface area contributed by atoms with E-state index in [4.69, 9.17) is 4.52 Å². The minimum Gasteiger partial charge on any atom is -0.357 e. The van der Waals surface area contributed by atoms with Crippen LogP contribution in [0.25, 0.3) is 23.5 Å². The molecule has 3 aromatic heterocycles. The Morgan fingerprint density at radius 2 is 2.00 bits per heavy atom. The molecule has 1 N–H and O–H groups in total. The van der Waals surface area contributed by atoms with Crippen LogP contribution in [0.2, 0.25) is 0 Å². The topological polar surface area (TPSA) is 83.7 Å². The number of anilines is 1. The summed E-state index contributed by atoms with van der Waals surface area (Å²) in [4.78, 5) is 18.3. The molecule has 4 heterocycles. The highest BCUT2D eigenvalue weighted by molar-refractivity contribution is 5.63. The molecule has 0 unspecified atom stereocenters. The average molecular weight is 322 g/mol. The molecular formula is C17H18N6O. The summed E-state index contributed by atoms with van der Waals surface area (Å²) in [7, 11) is 0. The number of aromatic amines is 1. The molecular weight excluding hydrogens is 304 g/mol. The van der Waals surface area contributed by atoms with Gasteiger partial charge in [0.05, 0.1) is 0 Å². The normalized spacial score (nSPS) is 15.2. The van der Waals surface area contributed by atoms with Crippen molar-refractivity contribution in [2.45, 2.75) is 19.3 Å². The fourth-order valence-electron chi connectivity index (χ4n) is 2.77. The third kappa shape index (κ3) is 3.19. The van der Waals surface area contributed by atoms with Crippen LogP contribution in [-0.4, -0.2) is 38.2 Å². The van der Waals surface area contributed by atoms with Gasteiger partial charge < -0.3 is 14.4 Å². The van der Waals surface area contributed by atoms with Gasteiger partial charge in [-0.3, -0.25) is 0 Å². The molecule has 0 atom stereocenters. The lowest BCUT2D eigenvalue weighted by atomic mass is 10.1. The van der Waals surface area contributed by atoms with E-state index < -0.39 is 0 Å². The van der Waals surface area contributed by atoms with Crippen LogP contribution < -0.4 is 4.90 Å². The molecule has 0 radical (unpaired) electrons. The molecule has 1 saturated heterocycles. The zero-order valence-electron chi connectivity index (χ0n) is 13.2. The van der Waals surface area contributed by atoms with E-state index in [1.807, 2.05) is 12.1 Å². The number of piperidine rings is 1. The first kappa shape index (κ1) is 14.6. The van der Waals surface area contributed by atoms with E-state index in [-0.39, 0.29) is 0 Å². The predicted molar refractivity (Wildman–Crippen MR) is 91.1 cm³/mol. The van der Waals surface area contributed by atoms with E-state index in [1.54, 1.807) is 30.7 Å². The van der Waals surface area contributed by atoms with E-state index in [9.17, 15) is 0 Å². The van der Waals surface area contributed by atoms with Crippen molar-refractivity contribution in [1.29, 1.82) is 0 Å². The van der Waals surface area contributed by atoms with Gasteiger partial charge in [0.15, 0.2) is 0 Å². The molecule has 7 heteroatoms. The molecule has 0 saturated carbocycles. The van der Waals surface area contributed by atoms with Crippen molar-refractivity contribution in [3.8, 4) is 11.4 Å². The Kier molecular flexibility index (Phi) is 4.05. The number of nitrogens with zero attached hydrogens (tertiary/aromatic N) is 5. The van der Waals surface area contributed by atoms with Crippen molar-refractivity contribution < 1.29 is 4.52 Å². The fourth-order valence-corrected chi connectivity index (χ4v) is 2.77. The first-order chi connectivity index (χ1) is 11.9. The van der Waals surface area contributed by atoms with Gasteiger partial charge in [0.25, 0.3) is 5.89 Å². The summed E-state index contributed by atoms with van der Waals surface area (Å²) in [5, 5.41) is 4.01. The summed E-state index contributed by atoms with van der Waals surface area (Å²) >= 11 is 0. The molecule has 4 rings (SSSR count). The summed E-state index contributed by atoms with van der Waals surface area (Å²) in [5.41, 5.74) is 0.845. The van der Waals surface area contributed by atoms with E-state index in [1.165, 1.54) is 19.3 Å². The van der Waals surface area contributed by atoms with Crippen molar-refractivity contribution in [1.82, 2.24) is 25.1 Å². The van der Waals surface area contributed by atoms with Crippen molar-refractivity contribution in [3.63, 3.8) is 0 Å². The molecule has 0 amide bonds. The molecule has 24 heavy (non-hydrogen) atoms. The highest BCUT2D eigenvalue weighted by Crippen LogP contribution is 2.21. The summed E-state index contributed by atoms with van der Waals surface area (Å²) in [6.45, 7) is 2.16. The van der Waals surface area contributed by atoms with Gasteiger partial charge in [-0.1, -0.05) is 5.16 Å². The third-order valence-corrected chi connectivity index (χ3v) is 4.03. The first-order valence-electron chi connectivity index (χ1n) is 8.11. The average Bonchev–Trinajstić information content (AvgIpc) is 3.33. The second kappa shape index (κ2) is 6.66. The number of aromatic nitrogens is 5. The van der Waals surface area contributed by atoms with Crippen molar-refractivity contribution in [3.05, 3.63) is 42.4 Å². The smallest absolute Gasteiger partial charge is 0.251 e. The fraction of sp³-hybridized carbons (Fsp3) is 0.294. The molecule has 1 fully saturated rings. The first-order valence-corrected chi connectivity index (χ1v) is 8.11. The third-order valence-electron chi connectivity index (χ3n) is 4.03. The quantitative estimate of drug-likeness (QED) is 0.795. The van der Waals surface area contributed by atoms with Crippen LogP contribution in [0.5, 0.6) is 0 Å². The lowest BCUT2D eigenvalue weighted by Gasteiger charge is -2.27. The van der Waals surface area contributed by atoms with Gasteiger partial charge in [0, 0.05) is 43.3 Å². The zero-order chi connectivity index (χ0) is 16.2. The Morgan fingerprint density at radius 1 is 1.08 bits per heavy atom. The Bertz CT molecular complexity index is 800. The van der Waals surface area contributed by atoms with Crippen LogP contribution in [-0.2, 0) is 0 Å². The molecule has 1 aliphatic heterocycles. The maximum absolute atomic E-state index is 5.24. The van der Waals surface area contributed by atoms with Gasteiger partial charge in [-0.25, -0.2) is 9.97 Å². The summed E-state index contributed by atoms with van der Waals surface area (Å²) in [5.74, 6) is 2.72. The lowest BCUT2D eigenvalue weighted by molar-refractivity contribution is 0.411. The van der Waals surface area contributed by atoms with E-state index in [0.29, 0.717) is 11.7 Å². The lowest BCUT2D eigenvalue weighted by Crippen LogP contribution is -2.29.